The number of rotatable bonds is 4. The summed E-state index contributed by atoms with van der Waals surface area (Å²) in [7, 11) is 0. The molecule has 1 amide bonds. The molecule has 3 heteroatoms. The molecule has 0 atom stereocenters. The lowest BCUT2D eigenvalue weighted by molar-refractivity contribution is 0.0995. The van der Waals surface area contributed by atoms with Gasteiger partial charge in [0.2, 0.25) is 0 Å². The van der Waals surface area contributed by atoms with Gasteiger partial charge in [0.05, 0.1) is 0 Å². The lowest BCUT2D eigenvalue weighted by atomic mass is 9.62. The molecule has 2 aromatic carbocycles. The number of carbonyl (C=O) groups excluding carboxylic acids is 1. The van der Waals surface area contributed by atoms with Gasteiger partial charge in [0.1, 0.15) is 5.76 Å². The summed E-state index contributed by atoms with van der Waals surface area (Å²) in [5, 5.41) is 2.95. The standard InChI is InChI=1S/C31H39NO2/c1-20-17-25-26(31(7,8)16-15-30(25,5)6)19-21(20)18-24-13-14-27(34-24)28(33)32-23-11-9-22(10-12-23)29(2,3)4/h9-14,17,19H,15-16,18H2,1-8H3,(H,32,33). The van der Waals surface area contributed by atoms with Crippen LogP contribution >= 0.6 is 0 Å². The van der Waals surface area contributed by atoms with Crippen LogP contribution in [0, 0.1) is 6.92 Å². The van der Waals surface area contributed by atoms with E-state index in [1.165, 1.54) is 40.7 Å². The Hall–Kier alpha value is -2.81. The fourth-order valence-electron chi connectivity index (χ4n) is 4.99. The maximum Gasteiger partial charge on any atom is 0.291 e. The average molecular weight is 458 g/mol. The summed E-state index contributed by atoms with van der Waals surface area (Å²) in [5.74, 6) is 0.927. The zero-order chi connectivity index (χ0) is 24.9. The molecule has 1 heterocycles. The second-order valence-electron chi connectivity index (χ2n) is 12.3. The number of anilines is 1. The van der Waals surface area contributed by atoms with Gasteiger partial charge in [0.15, 0.2) is 5.76 Å². The van der Waals surface area contributed by atoms with Crippen molar-refractivity contribution < 1.29 is 9.21 Å². The van der Waals surface area contributed by atoms with E-state index >= 15 is 0 Å². The van der Waals surface area contributed by atoms with Gasteiger partial charge in [-0.05, 0) is 88.1 Å². The molecule has 34 heavy (non-hydrogen) atoms. The first-order chi connectivity index (χ1) is 15.8. The highest BCUT2D eigenvalue weighted by molar-refractivity contribution is 6.02. The molecule has 3 nitrogen and oxygen atoms in total. The summed E-state index contributed by atoms with van der Waals surface area (Å²) in [6, 6.07) is 16.5. The van der Waals surface area contributed by atoms with E-state index in [4.69, 9.17) is 4.42 Å². The normalized spacial score (nSPS) is 16.7. The first-order valence-corrected chi connectivity index (χ1v) is 12.4. The van der Waals surface area contributed by atoms with Crippen LogP contribution in [0.2, 0.25) is 0 Å². The topological polar surface area (TPSA) is 42.2 Å². The minimum absolute atomic E-state index is 0.0816. The van der Waals surface area contributed by atoms with Gasteiger partial charge >= 0.3 is 0 Å². The number of aryl methyl sites for hydroxylation is 1. The van der Waals surface area contributed by atoms with Gasteiger partial charge in [-0.2, -0.15) is 0 Å². The molecule has 0 radical (unpaired) electrons. The summed E-state index contributed by atoms with van der Waals surface area (Å²) < 4.78 is 5.98. The van der Waals surface area contributed by atoms with Crippen molar-refractivity contribution in [2.45, 2.75) is 90.9 Å². The van der Waals surface area contributed by atoms with Gasteiger partial charge in [0, 0.05) is 12.1 Å². The number of amides is 1. The Morgan fingerprint density at radius 3 is 2.09 bits per heavy atom. The molecule has 3 aromatic rings. The molecule has 4 rings (SSSR count). The molecular weight excluding hydrogens is 418 g/mol. The van der Waals surface area contributed by atoms with Crippen molar-refractivity contribution in [3.05, 3.63) is 87.9 Å². The third-order valence-corrected chi connectivity index (χ3v) is 7.57. The van der Waals surface area contributed by atoms with E-state index in [2.05, 4.69) is 85.0 Å². The van der Waals surface area contributed by atoms with Gasteiger partial charge in [0.25, 0.3) is 5.91 Å². The van der Waals surface area contributed by atoms with Crippen molar-refractivity contribution in [3.63, 3.8) is 0 Å². The Morgan fingerprint density at radius 2 is 1.50 bits per heavy atom. The Morgan fingerprint density at radius 1 is 0.912 bits per heavy atom. The van der Waals surface area contributed by atoms with Gasteiger partial charge in [-0.25, -0.2) is 0 Å². The van der Waals surface area contributed by atoms with Crippen LogP contribution in [0.25, 0.3) is 0 Å². The number of hydrogen-bond donors (Lipinski definition) is 1. The molecule has 1 aromatic heterocycles. The van der Waals surface area contributed by atoms with Gasteiger partial charge in [-0.3, -0.25) is 4.79 Å². The Balaban J connectivity index is 1.51. The minimum atomic E-state index is -0.222. The van der Waals surface area contributed by atoms with Crippen molar-refractivity contribution in [1.29, 1.82) is 0 Å². The summed E-state index contributed by atoms with van der Waals surface area (Å²) in [6.45, 7) is 18.1. The molecule has 1 aliphatic rings. The van der Waals surface area contributed by atoms with Crippen LogP contribution in [0.5, 0.6) is 0 Å². The predicted octanol–water partition coefficient (Wildman–Crippen LogP) is 8.08. The van der Waals surface area contributed by atoms with Crippen LogP contribution in [0.1, 0.15) is 105 Å². The van der Waals surface area contributed by atoms with Crippen molar-refractivity contribution in [1.82, 2.24) is 0 Å². The molecule has 0 aliphatic heterocycles. The monoisotopic (exact) mass is 457 g/mol. The van der Waals surface area contributed by atoms with Gasteiger partial charge < -0.3 is 9.73 Å². The van der Waals surface area contributed by atoms with Crippen LogP contribution < -0.4 is 5.32 Å². The molecule has 0 unspecified atom stereocenters. The quantitative estimate of drug-likeness (QED) is 0.430. The molecule has 0 fully saturated rings. The minimum Gasteiger partial charge on any atom is -0.456 e. The van der Waals surface area contributed by atoms with E-state index in [9.17, 15) is 4.79 Å². The van der Waals surface area contributed by atoms with E-state index in [1.807, 2.05) is 18.2 Å². The Bertz CT molecular complexity index is 1200. The fourth-order valence-corrected chi connectivity index (χ4v) is 4.99. The van der Waals surface area contributed by atoms with Crippen molar-refractivity contribution in [2.24, 2.45) is 0 Å². The SMILES string of the molecule is Cc1cc2c(cc1Cc1ccc(C(=O)Nc3ccc(C(C)(C)C)cc3)o1)C(C)(C)CCC2(C)C. The van der Waals surface area contributed by atoms with Crippen LogP contribution in [0.4, 0.5) is 5.69 Å². The Labute approximate surface area is 205 Å². The van der Waals surface area contributed by atoms with E-state index in [0.29, 0.717) is 12.2 Å². The second-order valence-corrected chi connectivity index (χ2v) is 12.3. The molecule has 180 valence electrons. The lowest BCUT2D eigenvalue weighted by Gasteiger charge is -2.42. The lowest BCUT2D eigenvalue weighted by Crippen LogP contribution is -2.34. The largest absolute Gasteiger partial charge is 0.456 e. The summed E-state index contributed by atoms with van der Waals surface area (Å²) in [6.07, 6.45) is 3.09. The number of furan rings is 1. The third-order valence-electron chi connectivity index (χ3n) is 7.57. The van der Waals surface area contributed by atoms with Crippen LogP contribution in [-0.4, -0.2) is 5.91 Å². The van der Waals surface area contributed by atoms with Crippen molar-refractivity contribution in [3.8, 4) is 0 Å². The Kier molecular flexibility index (Phi) is 6.04. The molecule has 1 N–H and O–H groups in total. The van der Waals surface area contributed by atoms with E-state index in [-0.39, 0.29) is 22.2 Å². The number of hydrogen-bond acceptors (Lipinski definition) is 2. The maximum atomic E-state index is 12.8. The van der Waals surface area contributed by atoms with Gasteiger partial charge in [-0.15, -0.1) is 0 Å². The molecule has 0 bridgehead atoms. The van der Waals surface area contributed by atoms with Crippen LogP contribution in [-0.2, 0) is 22.7 Å². The van der Waals surface area contributed by atoms with Crippen LogP contribution in [0.3, 0.4) is 0 Å². The van der Waals surface area contributed by atoms with Crippen LogP contribution in [0.15, 0.2) is 52.9 Å². The maximum absolute atomic E-state index is 12.8. The molecule has 0 saturated heterocycles. The molecule has 0 spiro atoms. The predicted molar refractivity (Wildman–Crippen MR) is 141 cm³/mol. The molecular formula is C31H39NO2. The summed E-state index contributed by atoms with van der Waals surface area (Å²) in [4.78, 5) is 12.8. The first kappa shape index (κ1) is 24.3. The zero-order valence-electron chi connectivity index (χ0n) is 22.1. The highest BCUT2D eigenvalue weighted by Crippen LogP contribution is 2.46. The third kappa shape index (κ3) is 4.85. The average Bonchev–Trinajstić information content (AvgIpc) is 3.21. The van der Waals surface area contributed by atoms with E-state index in [0.717, 1.165) is 11.4 Å². The first-order valence-electron chi connectivity index (χ1n) is 12.4. The molecule has 0 saturated carbocycles. The van der Waals surface area contributed by atoms with E-state index in [1.54, 1.807) is 6.07 Å². The highest BCUT2D eigenvalue weighted by atomic mass is 16.3. The van der Waals surface area contributed by atoms with Crippen molar-refractivity contribution in [2.75, 3.05) is 5.32 Å². The number of carbonyl (C=O) groups is 1. The number of nitrogens with one attached hydrogen (secondary N) is 1. The van der Waals surface area contributed by atoms with Crippen molar-refractivity contribution >= 4 is 11.6 Å². The zero-order valence-corrected chi connectivity index (χ0v) is 22.1. The van der Waals surface area contributed by atoms with Gasteiger partial charge in [-0.1, -0.05) is 72.7 Å². The van der Waals surface area contributed by atoms with E-state index < -0.39 is 0 Å². The second kappa shape index (κ2) is 8.45. The summed E-state index contributed by atoms with van der Waals surface area (Å²) in [5.41, 5.74) is 7.94. The molecule has 1 aliphatic carbocycles. The smallest absolute Gasteiger partial charge is 0.291 e. The fraction of sp³-hybridized carbons (Fsp3) is 0.452. The highest BCUT2D eigenvalue weighted by Gasteiger charge is 2.37. The number of benzene rings is 2. The summed E-state index contributed by atoms with van der Waals surface area (Å²) >= 11 is 0. The number of fused-ring (bicyclic) bond motifs is 1.